The molecule has 2 aromatic rings. The Morgan fingerprint density at radius 1 is 1.27 bits per heavy atom. The molecule has 2 aliphatic carbocycles. The summed E-state index contributed by atoms with van der Waals surface area (Å²) in [5.74, 6) is -0.837. The van der Waals surface area contributed by atoms with E-state index >= 15 is 0 Å². The zero-order chi connectivity index (χ0) is 17.9. The van der Waals surface area contributed by atoms with Gasteiger partial charge in [-0.3, -0.25) is 0 Å². The third-order valence-electron chi connectivity index (χ3n) is 5.40. The van der Waals surface area contributed by atoms with Crippen molar-refractivity contribution in [3.8, 4) is 0 Å². The van der Waals surface area contributed by atoms with Crippen LogP contribution in [0.3, 0.4) is 0 Å². The highest BCUT2D eigenvalue weighted by atomic mass is 32.1. The van der Waals surface area contributed by atoms with Crippen molar-refractivity contribution in [1.82, 2.24) is 14.8 Å². The molecule has 1 fully saturated rings. The summed E-state index contributed by atoms with van der Waals surface area (Å²) in [5, 5.41) is 17.4. The number of anilines is 1. The number of carboxylic acid groups (broad SMARTS) is 1. The molecule has 0 aliphatic heterocycles. The van der Waals surface area contributed by atoms with Crippen LogP contribution < -0.4 is 5.32 Å². The van der Waals surface area contributed by atoms with Gasteiger partial charge in [-0.15, -0.1) is 11.3 Å². The first kappa shape index (κ1) is 17.3. The van der Waals surface area contributed by atoms with Crippen LogP contribution in [0.1, 0.15) is 72.0 Å². The van der Waals surface area contributed by atoms with Crippen LogP contribution in [0.25, 0.3) is 5.57 Å². The summed E-state index contributed by atoms with van der Waals surface area (Å²) >= 11 is 1.41. The van der Waals surface area contributed by atoms with E-state index in [2.05, 4.69) is 27.5 Å². The third-order valence-corrected chi connectivity index (χ3v) is 6.60. The Hall–Kier alpha value is -2.15. The molecule has 1 saturated carbocycles. The molecule has 26 heavy (non-hydrogen) atoms. The Balaban J connectivity index is 1.45. The minimum atomic E-state index is -0.837. The van der Waals surface area contributed by atoms with Gasteiger partial charge in [0.2, 0.25) is 0 Å². The van der Waals surface area contributed by atoms with Gasteiger partial charge in [0.15, 0.2) is 0 Å². The van der Waals surface area contributed by atoms with Gasteiger partial charge >= 0.3 is 5.97 Å². The number of aromatic carboxylic acids is 1. The maximum absolute atomic E-state index is 11.7. The molecule has 2 heterocycles. The van der Waals surface area contributed by atoms with E-state index < -0.39 is 5.97 Å². The number of carboxylic acids is 1. The predicted molar refractivity (Wildman–Crippen MR) is 103 cm³/mol. The molecule has 0 amide bonds. The van der Waals surface area contributed by atoms with E-state index in [-0.39, 0.29) is 0 Å². The molecule has 6 nitrogen and oxygen atoms in total. The van der Waals surface area contributed by atoms with E-state index in [1.807, 2.05) is 4.68 Å². The van der Waals surface area contributed by atoms with Gasteiger partial charge in [-0.05, 0) is 63.0 Å². The molecule has 2 aromatic heterocycles. The lowest BCUT2D eigenvalue weighted by Gasteiger charge is -2.29. The summed E-state index contributed by atoms with van der Waals surface area (Å²) in [7, 11) is 0. The molecule has 0 bridgehead atoms. The van der Waals surface area contributed by atoms with Crippen molar-refractivity contribution in [2.75, 3.05) is 5.32 Å². The number of allylic oxidation sites excluding steroid dienone is 2. The molecule has 4 rings (SSSR count). The Bertz CT molecular complexity index is 789. The third kappa shape index (κ3) is 3.67. The Kier molecular flexibility index (Phi) is 5.06. The van der Waals surface area contributed by atoms with Crippen molar-refractivity contribution in [2.24, 2.45) is 0 Å². The largest absolute Gasteiger partial charge is 0.477 e. The van der Waals surface area contributed by atoms with E-state index in [1.165, 1.54) is 29.8 Å². The number of hydrogen-bond donors (Lipinski definition) is 2. The summed E-state index contributed by atoms with van der Waals surface area (Å²) in [5.41, 5.74) is 2.10. The standard InChI is InChI=1S/C19H24N4O2S/c24-19(25)18-16(10-17(26-18)13-4-2-1-3-5-13)22-14-6-8-15(9-7-14)23-12-20-11-21-23/h4,10-12,14-15,22H,1-3,5-9H2,(H,24,25). The van der Waals surface area contributed by atoms with Gasteiger partial charge in [-0.25, -0.2) is 14.5 Å². The highest BCUT2D eigenvalue weighted by Gasteiger charge is 2.25. The zero-order valence-electron chi connectivity index (χ0n) is 14.7. The van der Waals surface area contributed by atoms with E-state index in [4.69, 9.17) is 0 Å². The average Bonchev–Trinajstić information content (AvgIpc) is 3.33. The number of aromatic nitrogens is 3. The fourth-order valence-electron chi connectivity index (χ4n) is 3.99. The summed E-state index contributed by atoms with van der Waals surface area (Å²) in [6.07, 6.45) is 14.3. The molecule has 0 unspecified atom stereocenters. The minimum Gasteiger partial charge on any atom is -0.477 e. The molecule has 0 aromatic carbocycles. The first-order valence-electron chi connectivity index (χ1n) is 9.38. The molecule has 138 valence electrons. The molecule has 0 atom stereocenters. The van der Waals surface area contributed by atoms with Crippen LogP contribution in [0, 0.1) is 0 Å². The van der Waals surface area contributed by atoms with Gasteiger partial charge < -0.3 is 10.4 Å². The van der Waals surface area contributed by atoms with E-state index in [1.54, 1.807) is 12.7 Å². The van der Waals surface area contributed by atoms with Crippen molar-refractivity contribution in [2.45, 2.75) is 63.5 Å². The molecule has 0 spiro atoms. The summed E-state index contributed by atoms with van der Waals surface area (Å²) in [6, 6.07) is 2.77. The minimum absolute atomic E-state index is 0.315. The van der Waals surface area contributed by atoms with Gasteiger partial charge in [0.1, 0.15) is 17.5 Å². The quantitative estimate of drug-likeness (QED) is 0.802. The van der Waals surface area contributed by atoms with Crippen molar-refractivity contribution in [1.29, 1.82) is 0 Å². The lowest BCUT2D eigenvalue weighted by atomic mass is 9.91. The highest BCUT2D eigenvalue weighted by molar-refractivity contribution is 7.15. The van der Waals surface area contributed by atoms with E-state index in [0.717, 1.165) is 49.1 Å². The Labute approximate surface area is 157 Å². The maximum atomic E-state index is 11.7. The van der Waals surface area contributed by atoms with Crippen molar-refractivity contribution in [3.05, 3.63) is 34.6 Å². The fourth-order valence-corrected chi connectivity index (χ4v) is 5.02. The smallest absolute Gasteiger partial charge is 0.348 e. The molecular weight excluding hydrogens is 348 g/mol. The van der Waals surface area contributed by atoms with Crippen LogP contribution in [0.5, 0.6) is 0 Å². The normalized spacial score (nSPS) is 23.5. The van der Waals surface area contributed by atoms with Crippen LogP contribution in [0.4, 0.5) is 5.69 Å². The molecular formula is C19H24N4O2S. The molecule has 2 N–H and O–H groups in total. The molecule has 2 aliphatic rings. The number of thiophene rings is 1. The Morgan fingerprint density at radius 2 is 2.12 bits per heavy atom. The molecule has 7 heteroatoms. The summed E-state index contributed by atoms with van der Waals surface area (Å²) in [4.78, 5) is 17.3. The van der Waals surface area contributed by atoms with Gasteiger partial charge in [0.05, 0.1) is 11.7 Å². The summed E-state index contributed by atoms with van der Waals surface area (Å²) < 4.78 is 1.94. The Morgan fingerprint density at radius 3 is 2.77 bits per heavy atom. The first-order valence-corrected chi connectivity index (χ1v) is 10.2. The second-order valence-electron chi connectivity index (χ2n) is 7.16. The maximum Gasteiger partial charge on any atom is 0.348 e. The highest BCUT2D eigenvalue weighted by Crippen LogP contribution is 2.38. The number of nitrogens with zero attached hydrogens (tertiary/aromatic N) is 3. The van der Waals surface area contributed by atoms with Crippen molar-refractivity contribution >= 4 is 28.6 Å². The van der Waals surface area contributed by atoms with Crippen LogP contribution in [0.2, 0.25) is 0 Å². The number of nitrogens with one attached hydrogen (secondary N) is 1. The van der Waals surface area contributed by atoms with Crippen LogP contribution in [-0.2, 0) is 0 Å². The van der Waals surface area contributed by atoms with Crippen molar-refractivity contribution in [3.63, 3.8) is 0 Å². The second kappa shape index (κ2) is 7.61. The van der Waals surface area contributed by atoms with Crippen LogP contribution in [0.15, 0.2) is 24.8 Å². The number of hydrogen-bond acceptors (Lipinski definition) is 5. The SMILES string of the molecule is O=C(O)c1sc(C2=CCCCC2)cc1NC1CCC(n2cncn2)CC1. The van der Waals surface area contributed by atoms with E-state index in [0.29, 0.717) is 17.0 Å². The lowest BCUT2D eigenvalue weighted by Crippen LogP contribution is -2.28. The van der Waals surface area contributed by atoms with Crippen molar-refractivity contribution < 1.29 is 9.90 Å². The molecule has 0 radical (unpaired) electrons. The number of rotatable bonds is 5. The first-order chi connectivity index (χ1) is 12.7. The van der Waals surface area contributed by atoms with Gasteiger partial charge in [-0.2, -0.15) is 5.10 Å². The predicted octanol–water partition coefficient (Wildman–Crippen LogP) is 4.59. The van der Waals surface area contributed by atoms with Gasteiger partial charge in [0, 0.05) is 10.9 Å². The molecule has 0 saturated heterocycles. The average molecular weight is 372 g/mol. The number of carbonyl (C=O) groups is 1. The van der Waals surface area contributed by atoms with Gasteiger partial charge in [0.25, 0.3) is 0 Å². The van der Waals surface area contributed by atoms with Gasteiger partial charge in [-0.1, -0.05) is 6.08 Å². The topological polar surface area (TPSA) is 80.0 Å². The zero-order valence-corrected chi connectivity index (χ0v) is 15.5. The second-order valence-corrected chi connectivity index (χ2v) is 8.21. The lowest BCUT2D eigenvalue weighted by molar-refractivity contribution is 0.0703. The van der Waals surface area contributed by atoms with Crippen LogP contribution >= 0.6 is 11.3 Å². The van der Waals surface area contributed by atoms with E-state index in [9.17, 15) is 9.90 Å². The van der Waals surface area contributed by atoms with Crippen LogP contribution in [-0.4, -0.2) is 31.9 Å². The fraction of sp³-hybridized carbons (Fsp3) is 0.526. The summed E-state index contributed by atoms with van der Waals surface area (Å²) in [6.45, 7) is 0. The monoisotopic (exact) mass is 372 g/mol.